The Kier molecular flexibility index (Phi) is 5.31. The molecule has 0 radical (unpaired) electrons. The maximum absolute atomic E-state index is 14.2. The molecule has 0 atom stereocenters. The van der Waals surface area contributed by atoms with Crippen LogP contribution in [0.25, 0.3) is 16.9 Å². The van der Waals surface area contributed by atoms with Gasteiger partial charge in [-0.05, 0) is 31.0 Å². The topological polar surface area (TPSA) is 61.8 Å². The van der Waals surface area contributed by atoms with Crippen LogP contribution in [0.5, 0.6) is 0 Å². The largest absolute Gasteiger partial charge is 0.337 e. The second kappa shape index (κ2) is 7.94. The zero-order valence-electron chi connectivity index (χ0n) is 17.5. The molecule has 160 valence electrons. The summed E-state index contributed by atoms with van der Waals surface area (Å²) >= 11 is 0. The molecule has 0 bridgehead atoms. The van der Waals surface area contributed by atoms with Gasteiger partial charge in [0.25, 0.3) is 5.56 Å². The second-order valence-corrected chi connectivity index (χ2v) is 8.04. The third-order valence-electron chi connectivity index (χ3n) is 5.10. The van der Waals surface area contributed by atoms with Gasteiger partial charge in [-0.1, -0.05) is 37.6 Å². The summed E-state index contributed by atoms with van der Waals surface area (Å²) in [6.07, 6.45) is 1.40. The van der Waals surface area contributed by atoms with E-state index in [0.29, 0.717) is 5.69 Å². The fourth-order valence-electron chi connectivity index (χ4n) is 3.59. The van der Waals surface area contributed by atoms with E-state index in [2.05, 4.69) is 4.98 Å². The van der Waals surface area contributed by atoms with E-state index in [9.17, 15) is 18.4 Å². The lowest BCUT2D eigenvalue weighted by atomic mass is 10.2. The summed E-state index contributed by atoms with van der Waals surface area (Å²) in [5.41, 5.74) is 1.23. The smallest absolute Gasteiger partial charge is 0.320 e. The van der Waals surface area contributed by atoms with Crippen molar-refractivity contribution in [3.05, 3.63) is 92.4 Å². The van der Waals surface area contributed by atoms with E-state index in [4.69, 9.17) is 0 Å². The quantitative estimate of drug-likeness (QED) is 0.492. The number of hydrogen-bond donors (Lipinski definition) is 0. The van der Waals surface area contributed by atoms with Crippen LogP contribution in [0.1, 0.15) is 25.0 Å². The normalized spacial score (nSPS) is 11.5. The summed E-state index contributed by atoms with van der Waals surface area (Å²) in [5.74, 6) is -1.33. The molecular weight excluding hydrogens is 402 g/mol. The number of aromatic nitrogens is 4. The van der Waals surface area contributed by atoms with Crippen LogP contribution in [0.3, 0.4) is 0 Å². The lowest BCUT2D eigenvalue weighted by Gasteiger charge is -2.14. The van der Waals surface area contributed by atoms with Gasteiger partial charge in [-0.2, -0.15) is 0 Å². The van der Waals surface area contributed by atoms with E-state index in [1.165, 1.54) is 26.1 Å². The summed E-state index contributed by atoms with van der Waals surface area (Å²) in [6, 6.07) is 10.6. The average molecular weight is 424 g/mol. The third kappa shape index (κ3) is 3.81. The van der Waals surface area contributed by atoms with Gasteiger partial charge in [0.15, 0.2) is 11.2 Å². The number of imidazole rings is 1. The van der Waals surface area contributed by atoms with Crippen LogP contribution in [0, 0.1) is 24.5 Å². The van der Waals surface area contributed by atoms with Gasteiger partial charge in [-0.3, -0.25) is 9.36 Å². The first-order valence-electron chi connectivity index (χ1n) is 9.98. The SMILES string of the molecule is Cc1ccc(-n2c(=O)n(CC(C)C)c(=O)c3c2ncn3Cc2ccc(F)cc2F)cc1. The van der Waals surface area contributed by atoms with E-state index in [-0.39, 0.29) is 35.7 Å². The zero-order valence-corrected chi connectivity index (χ0v) is 17.5. The molecule has 4 rings (SSSR count). The molecular formula is C23H22F2N4O2. The number of hydrogen-bond acceptors (Lipinski definition) is 3. The molecule has 0 aliphatic carbocycles. The highest BCUT2D eigenvalue weighted by atomic mass is 19.1. The molecule has 31 heavy (non-hydrogen) atoms. The van der Waals surface area contributed by atoms with E-state index in [1.807, 2.05) is 32.9 Å². The Morgan fingerprint density at radius 1 is 1.03 bits per heavy atom. The Hall–Kier alpha value is -3.55. The number of nitrogens with zero attached hydrogens (tertiary/aromatic N) is 4. The standard InChI is InChI=1S/C23H22F2N4O2/c1-14(2)11-28-22(30)20-21(29(23(28)31)18-8-4-15(3)5-9-18)26-13-27(20)12-16-6-7-17(24)10-19(16)25/h4-10,13-14H,11-12H2,1-3H3. The molecule has 0 N–H and O–H groups in total. The van der Waals surface area contributed by atoms with Gasteiger partial charge in [0.1, 0.15) is 11.6 Å². The minimum Gasteiger partial charge on any atom is -0.320 e. The van der Waals surface area contributed by atoms with Crippen LogP contribution in [0.4, 0.5) is 8.78 Å². The summed E-state index contributed by atoms with van der Waals surface area (Å²) in [4.78, 5) is 30.8. The summed E-state index contributed by atoms with van der Waals surface area (Å²) < 4.78 is 31.6. The van der Waals surface area contributed by atoms with Crippen LogP contribution in [0.15, 0.2) is 58.4 Å². The van der Waals surface area contributed by atoms with E-state index < -0.39 is 22.9 Å². The summed E-state index contributed by atoms with van der Waals surface area (Å²) in [6.45, 7) is 5.98. The van der Waals surface area contributed by atoms with E-state index in [0.717, 1.165) is 17.7 Å². The van der Waals surface area contributed by atoms with Gasteiger partial charge in [-0.25, -0.2) is 23.1 Å². The van der Waals surface area contributed by atoms with Crippen molar-refractivity contribution < 1.29 is 8.78 Å². The lowest BCUT2D eigenvalue weighted by Crippen LogP contribution is -2.41. The van der Waals surface area contributed by atoms with Crippen LogP contribution in [0.2, 0.25) is 0 Å². The molecule has 0 spiro atoms. The highest BCUT2D eigenvalue weighted by molar-refractivity contribution is 5.72. The molecule has 2 heterocycles. The van der Waals surface area contributed by atoms with Crippen molar-refractivity contribution in [2.24, 2.45) is 5.92 Å². The maximum Gasteiger partial charge on any atom is 0.337 e. The molecule has 2 aromatic heterocycles. The lowest BCUT2D eigenvalue weighted by molar-refractivity contribution is 0.488. The van der Waals surface area contributed by atoms with Crippen molar-refractivity contribution >= 4 is 11.2 Å². The number of aryl methyl sites for hydroxylation is 1. The van der Waals surface area contributed by atoms with Gasteiger partial charge >= 0.3 is 5.69 Å². The number of rotatable bonds is 5. The number of benzene rings is 2. The van der Waals surface area contributed by atoms with Crippen molar-refractivity contribution in [2.75, 3.05) is 0 Å². The van der Waals surface area contributed by atoms with Crippen molar-refractivity contribution in [3.63, 3.8) is 0 Å². The molecule has 8 heteroatoms. The maximum atomic E-state index is 14.2. The highest BCUT2D eigenvalue weighted by Gasteiger charge is 2.20. The fourth-order valence-corrected chi connectivity index (χ4v) is 3.59. The van der Waals surface area contributed by atoms with Crippen LogP contribution in [-0.2, 0) is 13.1 Å². The molecule has 2 aromatic carbocycles. The number of halogens is 2. The minimum absolute atomic E-state index is 0.0222. The molecule has 0 fully saturated rings. The van der Waals surface area contributed by atoms with E-state index in [1.54, 1.807) is 12.1 Å². The Labute approximate surface area is 177 Å². The molecule has 0 amide bonds. The average Bonchev–Trinajstić information content (AvgIpc) is 3.12. The molecule has 0 aliphatic rings. The van der Waals surface area contributed by atoms with Gasteiger partial charge in [0.2, 0.25) is 0 Å². The first-order valence-corrected chi connectivity index (χ1v) is 9.98. The third-order valence-corrected chi connectivity index (χ3v) is 5.10. The van der Waals surface area contributed by atoms with Crippen LogP contribution >= 0.6 is 0 Å². The second-order valence-electron chi connectivity index (χ2n) is 8.04. The molecule has 6 nitrogen and oxygen atoms in total. The molecule has 0 unspecified atom stereocenters. The molecule has 0 saturated heterocycles. The molecule has 0 saturated carbocycles. The van der Waals surface area contributed by atoms with Gasteiger partial charge in [0.05, 0.1) is 18.6 Å². The Balaban J connectivity index is 1.98. The fraction of sp³-hybridized carbons (Fsp3) is 0.261. The first kappa shape index (κ1) is 20.7. The van der Waals surface area contributed by atoms with Crippen LogP contribution in [-0.4, -0.2) is 18.7 Å². The minimum atomic E-state index is -0.712. The van der Waals surface area contributed by atoms with Gasteiger partial charge in [0, 0.05) is 18.2 Å². The van der Waals surface area contributed by atoms with E-state index >= 15 is 0 Å². The van der Waals surface area contributed by atoms with Gasteiger partial charge in [-0.15, -0.1) is 0 Å². The van der Waals surface area contributed by atoms with Crippen LogP contribution < -0.4 is 11.2 Å². The molecule has 0 aliphatic heterocycles. The monoisotopic (exact) mass is 424 g/mol. The Bertz CT molecular complexity index is 1380. The predicted octanol–water partition coefficient (Wildman–Crippen LogP) is 3.64. The summed E-state index contributed by atoms with van der Waals surface area (Å²) in [5, 5.41) is 0. The Morgan fingerprint density at radius 2 is 1.74 bits per heavy atom. The predicted molar refractivity (Wildman–Crippen MR) is 115 cm³/mol. The van der Waals surface area contributed by atoms with Crippen molar-refractivity contribution in [1.29, 1.82) is 0 Å². The van der Waals surface area contributed by atoms with Crippen molar-refractivity contribution in [3.8, 4) is 5.69 Å². The van der Waals surface area contributed by atoms with Gasteiger partial charge < -0.3 is 4.57 Å². The summed E-state index contributed by atoms with van der Waals surface area (Å²) in [7, 11) is 0. The molecule has 4 aromatic rings. The highest BCUT2D eigenvalue weighted by Crippen LogP contribution is 2.17. The number of fused-ring (bicyclic) bond motifs is 1. The Morgan fingerprint density at radius 3 is 2.39 bits per heavy atom. The first-order chi connectivity index (χ1) is 14.8. The van der Waals surface area contributed by atoms with Crippen molar-refractivity contribution in [2.45, 2.75) is 33.9 Å². The van der Waals surface area contributed by atoms with Crippen molar-refractivity contribution in [1.82, 2.24) is 18.7 Å². The zero-order chi connectivity index (χ0) is 22.3.